The van der Waals surface area contributed by atoms with Crippen LogP contribution in [0.15, 0.2) is 191 Å². The monoisotopic (exact) mass is 730 g/mol. The van der Waals surface area contributed by atoms with Gasteiger partial charge in [-0.25, -0.2) is 15.0 Å². The first-order valence-corrected chi connectivity index (χ1v) is 19.0. The van der Waals surface area contributed by atoms with Crippen molar-refractivity contribution in [1.82, 2.24) is 19.5 Å². The van der Waals surface area contributed by atoms with Crippen molar-refractivity contribution in [3.8, 4) is 51.0 Å². The van der Waals surface area contributed by atoms with Crippen molar-refractivity contribution in [2.24, 2.45) is 0 Å². The van der Waals surface area contributed by atoms with Gasteiger partial charge < -0.3 is 13.4 Å². The number of hydrogen-bond donors (Lipinski definition) is 0. The van der Waals surface area contributed by atoms with Crippen LogP contribution >= 0.6 is 0 Å². The van der Waals surface area contributed by atoms with E-state index < -0.39 is 0 Å². The summed E-state index contributed by atoms with van der Waals surface area (Å²) in [5.74, 6) is 1.75. The first-order chi connectivity index (χ1) is 28.2. The van der Waals surface area contributed by atoms with Gasteiger partial charge in [0.15, 0.2) is 17.5 Å². The number of furan rings is 2. The quantitative estimate of drug-likeness (QED) is 0.176. The summed E-state index contributed by atoms with van der Waals surface area (Å²) in [6.07, 6.45) is 0. The highest BCUT2D eigenvalue weighted by Crippen LogP contribution is 2.42. The fraction of sp³-hybridized carbons (Fsp3) is 0. The van der Waals surface area contributed by atoms with Gasteiger partial charge in [-0.2, -0.15) is 0 Å². The van der Waals surface area contributed by atoms with Crippen LogP contribution in [-0.2, 0) is 0 Å². The summed E-state index contributed by atoms with van der Waals surface area (Å²) >= 11 is 0. The molecular formula is C51H30N4O2. The number of benzene rings is 8. The highest BCUT2D eigenvalue weighted by molar-refractivity contribution is 6.24. The SMILES string of the molecule is c1ccc(-c2nc(-c3cccc(-n4c5ccccc5c5c6oc7ccccc7c6ccc54)c3)nc(-c3ccc4c(c3)oc3cccc(-c5ccccc5)c34)n2)cc1. The summed E-state index contributed by atoms with van der Waals surface area (Å²) in [7, 11) is 0. The molecule has 6 nitrogen and oxygen atoms in total. The number of aromatic nitrogens is 4. The van der Waals surface area contributed by atoms with E-state index in [0.717, 1.165) is 99.2 Å². The standard InChI is InChI=1S/C51H30N4O2/c1-3-13-31(14-4-1)36-21-12-24-44-46(36)40-26-25-34(30-45(40)56-44)51-53-49(32-15-5-2-6-16-32)52-50(54-51)33-17-11-18-35(29-33)55-41-22-9-7-20-39(41)47-42(55)28-27-38-37-19-8-10-23-43(37)57-48(38)47/h1-30H. The molecule has 0 aliphatic rings. The highest BCUT2D eigenvalue weighted by atomic mass is 16.3. The zero-order chi connectivity index (χ0) is 37.5. The van der Waals surface area contributed by atoms with E-state index in [4.69, 9.17) is 23.8 Å². The van der Waals surface area contributed by atoms with Gasteiger partial charge >= 0.3 is 0 Å². The smallest absolute Gasteiger partial charge is 0.164 e. The fourth-order valence-electron chi connectivity index (χ4n) is 8.47. The molecule has 0 fully saturated rings. The third kappa shape index (κ3) is 4.94. The van der Waals surface area contributed by atoms with E-state index >= 15 is 0 Å². The van der Waals surface area contributed by atoms with Crippen molar-refractivity contribution in [2.45, 2.75) is 0 Å². The van der Waals surface area contributed by atoms with E-state index in [1.54, 1.807) is 0 Å². The molecule has 6 heteroatoms. The van der Waals surface area contributed by atoms with Crippen LogP contribution in [-0.4, -0.2) is 19.5 Å². The molecule has 12 rings (SSSR count). The Morgan fingerprint density at radius 3 is 1.81 bits per heavy atom. The fourth-order valence-corrected chi connectivity index (χ4v) is 8.47. The second kappa shape index (κ2) is 12.3. The lowest BCUT2D eigenvalue weighted by Gasteiger charge is -2.11. The molecule has 0 saturated heterocycles. The Kier molecular flexibility index (Phi) is 6.83. The Labute approximate surface area is 325 Å². The zero-order valence-corrected chi connectivity index (χ0v) is 30.4. The molecule has 0 amide bonds. The van der Waals surface area contributed by atoms with Crippen LogP contribution in [0, 0.1) is 0 Å². The van der Waals surface area contributed by atoms with E-state index in [2.05, 4.69) is 120 Å². The molecule has 0 unspecified atom stereocenters. The zero-order valence-electron chi connectivity index (χ0n) is 30.4. The minimum atomic E-state index is 0.569. The molecule has 0 atom stereocenters. The molecule has 0 spiro atoms. The minimum absolute atomic E-state index is 0.569. The molecule has 57 heavy (non-hydrogen) atoms. The van der Waals surface area contributed by atoms with Gasteiger partial charge in [0, 0.05) is 49.3 Å². The molecule has 0 radical (unpaired) electrons. The second-order valence-corrected chi connectivity index (χ2v) is 14.4. The van der Waals surface area contributed by atoms with Crippen molar-refractivity contribution in [3.05, 3.63) is 182 Å². The van der Waals surface area contributed by atoms with Crippen LogP contribution in [0.25, 0.3) is 117 Å². The van der Waals surface area contributed by atoms with Crippen LogP contribution in [0.3, 0.4) is 0 Å². The molecule has 0 saturated carbocycles. The van der Waals surface area contributed by atoms with Crippen LogP contribution < -0.4 is 0 Å². The molecular weight excluding hydrogens is 701 g/mol. The van der Waals surface area contributed by atoms with E-state index in [9.17, 15) is 0 Å². The highest BCUT2D eigenvalue weighted by Gasteiger charge is 2.20. The van der Waals surface area contributed by atoms with Crippen molar-refractivity contribution in [1.29, 1.82) is 0 Å². The first kappa shape index (κ1) is 31.5. The Hall–Kier alpha value is -7.83. The van der Waals surface area contributed by atoms with Gasteiger partial charge in [0.05, 0.1) is 16.4 Å². The normalized spacial score (nSPS) is 11.9. The van der Waals surface area contributed by atoms with E-state index in [1.165, 1.54) is 0 Å². The topological polar surface area (TPSA) is 69.9 Å². The molecule has 8 aromatic carbocycles. The van der Waals surface area contributed by atoms with Gasteiger partial charge in [-0.15, -0.1) is 0 Å². The van der Waals surface area contributed by atoms with Crippen molar-refractivity contribution >= 4 is 65.7 Å². The minimum Gasteiger partial charge on any atom is -0.456 e. The average Bonchev–Trinajstić information content (AvgIpc) is 3.96. The molecule has 0 N–H and O–H groups in total. The molecule has 0 aliphatic heterocycles. The van der Waals surface area contributed by atoms with Crippen LogP contribution in [0.1, 0.15) is 0 Å². The van der Waals surface area contributed by atoms with Crippen LogP contribution in [0.4, 0.5) is 0 Å². The van der Waals surface area contributed by atoms with Crippen LogP contribution in [0.2, 0.25) is 0 Å². The predicted molar refractivity (Wildman–Crippen MR) is 230 cm³/mol. The maximum atomic E-state index is 6.55. The summed E-state index contributed by atoms with van der Waals surface area (Å²) in [5.41, 5.74) is 11.5. The Morgan fingerprint density at radius 1 is 0.351 bits per heavy atom. The van der Waals surface area contributed by atoms with Crippen molar-refractivity contribution in [2.75, 3.05) is 0 Å². The molecule has 12 aromatic rings. The third-order valence-corrected chi connectivity index (χ3v) is 11.1. The molecule has 0 aliphatic carbocycles. The Balaban J connectivity index is 1.03. The van der Waals surface area contributed by atoms with Gasteiger partial charge in [0.2, 0.25) is 0 Å². The Morgan fingerprint density at radius 2 is 0.982 bits per heavy atom. The van der Waals surface area contributed by atoms with Crippen molar-refractivity contribution < 1.29 is 8.83 Å². The van der Waals surface area contributed by atoms with E-state index in [0.29, 0.717) is 17.5 Å². The maximum absolute atomic E-state index is 6.55. The summed E-state index contributed by atoms with van der Waals surface area (Å²) in [5, 5.41) is 6.59. The van der Waals surface area contributed by atoms with Crippen molar-refractivity contribution in [3.63, 3.8) is 0 Å². The lowest BCUT2D eigenvalue weighted by molar-refractivity contribution is 0.669. The number of rotatable bonds is 5. The summed E-state index contributed by atoms with van der Waals surface area (Å²) in [6, 6.07) is 62.6. The van der Waals surface area contributed by atoms with E-state index in [1.807, 2.05) is 66.7 Å². The molecule has 0 bridgehead atoms. The maximum Gasteiger partial charge on any atom is 0.164 e. The van der Waals surface area contributed by atoms with E-state index in [-0.39, 0.29) is 0 Å². The van der Waals surface area contributed by atoms with Gasteiger partial charge in [-0.3, -0.25) is 0 Å². The lowest BCUT2D eigenvalue weighted by Crippen LogP contribution is -2.01. The number of hydrogen-bond acceptors (Lipinski definition) is 5. The van der Waals surface area contributed by atoms with Gasteiger partial charge in [-0.05, 0) is 65.7 Å². The van der Waals surface area contributed by atoms with Gasteiger partial charge in [0.25, 0.3) is 0 Å². The van der Waals surface area contributed by atoms with Crippen LogP contribution in [0.5, 0.6) is 0 Å². The predicted octanol–water partition coefficient (Wildman–Crippen LogP) is 13.4. The average molecular weight is 731 g/mol. The van der Waals surface area contributed by atoms with Gasteiger partial charge in [-0.1, -0.05) is 127 Å². The number of para-hydroxylation sites is 2. The summed E-state index contributed by atoms with van der Waals surface area (Å²) < 4.78 is 15.4. The molecule has 266 valence electrons. The largest absolute Gasteiger partial charge is 0.456 e. The van der Waals surface area contributed by atoms with Gasteiger partial charge in [0.1, 0.15) is 22.3 Å². The lowest BCUT2D eigenvalue weighted by atomic mass is 9.99. The third-order valence-electron chi connectivity index (χ3n) is 11.1. The molecule has 4 heterocycles. The second-order valence-electron chi connectivity index (χ2n) is 14.4. The summed E-state index contributed by atoms with van der Waals surface area (Å²) in [6.45, 7) is 0. The number of fused-ring (bicyclic) bond motifs is 10. The first-order valence-electron chi connectivity index (χ1n) is 19.0. The number of nitrogens with zero attached hydrogens (tertiary/aromatic N) is 4. The summed E-state index contributed by atoms with van der Waals surface area (Å²) in [4.78, 5) is 15.3. The molecule has 4 aromatic heterocycles. The Bertz CT molecular complexity index is 3530.